The van der Waals surface area contributed by atoms with Gasteiger partial charge in [-0.05, 0) is 17.7 Å². The molecule has 20 heavy (non-hydrogen) atoms. The molecular formula is C14H10N4O2. The number of non-ortho nitro benzene ring substituents is 1. The molecule has 0 saturated heterocycles. The summed E-state index contributed by atoms with van der Waals surface area (Å²) >= 11 is 0. The number of aromatic nitrogens is 3. The van der Waals surface area contributed by atoms with Crippen molar-refractivity contribution in [3.63, 3.8) is 0 Å². The van der Waals surface area contributed by atoms with E-state index in [0.29, 0.717) is 11.0 Å². The third-order valence-corrected chi connectivity index (χ3v) is 2.79. The van der Waals surface area contributed by atoms with Crippen molar-refractivity contribution in [3.8, 4) is 0 Å². The average Bonchev–Trinajstić information content (AvgIpc) is 2.88. The number of benzene rings is 2. The van der Waals surface area contributed by atoms with Crippen molar-refractivity contribution in [2.45, 2.75) is 0 Å². The number of rotatable bonds is 3. The molecule has 3 rings (SSSR count). The van der Waals surface area contributed by atoms with E-state index in [1.54, 1.807) is 12.3 Å². The molecule has 0 spiro atoms. The van der Waals surface area contributed by atoms with Crippen LogP contribution in [0.25, 0.3) is 23.3 Å². The Morgan fingerprint density at radius 3 is 2.55 bits per heavy atom. The van der Waals surface area contributed by atoms with Gasteiger partial charge in [-0.1, -0.05) is 30.3 Å². The second kappa shape index (κ2) is 4.93. The smallest absolute Gasteiger partial charge is 0.258 e. The van der Waals surface area contributed by atoms with Crippen LogP contribution in [0.1, 0.15) is 5.56 Å². The van der Waals surface area contributed by atoms with Crippen LogP contribution in [-0.2, 0) is 0 Å². The fraction of sp³-hybridized carbons (Fsp3) is 0. The number of nitro groups is 1. The summed E-state index contributed by atoms with van der Waals surface area (Å²) in [6.07, 6.45) is 3.58. The Balaban J connectivity index is 1.93. The molecule has 0 amide bonds. The number of hydrogen-bond acceptors (Lipinski definition) is 4. The summed E-state index contributed by atoms with van der Waals surface area (Å²) in [6.45, 7) is 0. The first-order valence-electron chi connectivity index (χ1n) is 5.96. The maximum Gasteiger partial charge on any atom is 0.271 e. The highest BCUT2D eigenvalue weighted by molar-refractivity contribution is 5.77. The summed E-state index contributed by atoms with van der Waals surface area (Å²) < 4.78 is 0. The van der Waals surface area contributed by atoms with Gasteiger partial charge in [0.2, 0.25) is 0 Å². The first-order valence-corrected chi connectivity index (χ1v) is 5.96. The maximum absolute atomic E-state index is 10.7. The van der Waals surface area contributed by atoms with E-state index in [4.69, 9.17) is 0 Å². The number of hydrogen-bond donors (Lipinski definition) is 0. The van der Waals surface area contributed by atoms with Crippen molar-refractivity contribution in [2.75, 3.05) is 0 Å². The monoisotopic (exact) mass is 266 g/mol. The van der Waals surface area contributed by atoms with Crippen LogP contribution in [0.3, 0.4) is 0 Å². The highest BCUT2D eigenvalue weighted by Gasteiger charge is 2.09. The molecule has 0 fully saturated rings. The van der Waals surface area contributed by atoms with Crippen LogP contribution < -0.4 is 0 Å². The Morgan fingerprint density at radius 2 is 1.80 bits per heavy atom. The molecule has 6 heteroatoms. The van der Waals surface area contributed by atoms with Crippen LogP contribution in [0.2, 0.25) is 0 Å². The number of nitro benzene ring substituents is 1. The molecule has 0 aliphatic heterocycles. The molecule has 1 aromatic heterocycles. The van der Waals surface area contributed by atoms with Crippen molar-refractivity contribution in [1.29, 1.82) is 0 Å². The van der Waals surface area contributed by atoms with Crippen LogP contribution in [0, 0.1) is 10.1 Å². The summed E-state index contributed by atoms with van der Waals surface area (Å²) in [4.78, 5) is 11.7. The molecule has 1 heterocycles. The van der Waals surface area contributed by atoms with Crippen LogP contribution >= 0.6 is 0 Å². The average molecular weight is 266 g/mol. The molecule has 0 aliphatic rings. The van der Waals surface area contributed by atoms with Gasteiger partial charge in [-0.3, -0.25) is 10.1 Å². The van der Waals surface area contributed by atoms with Gasteiger partial charge >= 0.3 is 0 Å². The Hall–Kier alpha value is -3.02. The van der Waals surface area contributed by atoms with E-state index in [9.17, 15) is 10.1 Å². The van der Waals surface area contributed by atoms with Gasteiger partial charge in [-0.2, -0.15) is 4.80 Å². The largest absolute Gasteiger partial charge is 0.271 e. The summed E-state index contributed by atoms with van der Waals surface area (Å²) in [6, 6.07) is 14.2. The van der Waals surface area contributed by atoms with E-state index in [-0.39, 0.29) is 5.69 Å². The lowest BCUT2D eigenvalue weighted by Crippen LogP contribution is -1.90. The maximum atomic E-state index is 10.7. The Labute approximate surface area is 114 Å². The van der Waals surface area contributed by atoms with Crippen molar-refractivity contribution >= 4 is 29.0 Å². The SMILES string of the molecule is O=[N+]([O-])c1ccc2nn(C=Cc3ccccc3)nc2c1. The third-order valence-electron chi connectivity index (χ3n) is 2.79. The Kier molecular flexibility index (Phi) is 2.96. The van der Waals surface area contributed by atoms with E-state index in [0.717, 1.165) is 5.56 Å². The van der Waals surface area contributed by atoms with Gasteiger partial charge in [0, 0.05) is 12.1 Å². The quantitative estimate of drug-likeness (QED) is 0.539. The molecule has 0 radical (unpaired) electrons. The van der Waals surface area contributed by atoms with E-state index in [1.807, 2.05) is 36.4 Å². The van der Waals surface area contributed by atoms with Gasteiger partial charge in [-0.15, -0.1) is 10.2 Å². The second-order valence-corrected chi connectivity index (χ2v) is 4.18. The van der Waals surface area contributed by atoms with Gasteiger partial charge in [-0.25, -0.2) is 0 Å². The number of fused-ring (bicyclic) bond motifs is 1. The minimum absolute atomic E-state index is 0.0107. The summed E-state index contributed by atoms with van der Waals surface area (Å²) in [7, 11) is 0. The second-order valence-electron chi connectivity index (χ2n) is 4.18. The summed E-state index contributed by atoms with van der Waals surface area (Å²) in [5.41, 5.74) is 2.15. The van der Waals surface area contributed by atoms with E-state index in [1.165, 1.54) is 16.9 Å². The van der Waals surface area contributed by atoms with Crippen LogP contribution in [0.5, 0.6) is 0 Å². The van der Waals surface area contributed by atoms with E-state index in [2.05, 4.69) is 10.2 Å². The number of nitrogens with zero attached hydrogens (tertiary/aromatic N) is 4. The molecule has 0 saturated carbocycles. The Bertz CT molecular complexity index is 793. The van der Waals surface area contributed by atoms with Crippen molar-refractivity contribution in [1.82, 2.24) is 15.0 Å². The standard InChI is InChI=1S/C14H10N4O2/c19-18(20)12-6-7-13-14(10-12)16-17(15-13)9-8-11-4-2-1-3-5-11/h1-10H. The predicted octanol–water partition coefficient (Wildman–Crippen LogP) is 2.97. The fourth-order valence-electron chi connectivity index (χ4n) is 1.82. The molecular weight excluding hydrogens is 256 g/mol. The Morgan fingerprint density at radius 1 is 1.05 bits per heavy atom. The lowest BCUT2D eigenvalue weighted by Gasteiger charge is -1.90. The van der Waals surface area contributed by atoms with Crippen LogP contribution in [0.15, 0.2) is 48.5 Å². The predicted molar refractivity (Wildman–Crippen MR) is 75.8 cm³/mol. The lowest BCUT2D eigenvalue weighted by molar-refractivity contribution is -0.384. The summed E-state index contributed by atoms with van der Waals surface area (Å²) in [5.74, 6) is 0. The van der Waals surface area contributed by atoms with Crippen LogP contribution in [0.4, 0.5) is 5.69 Å². The molecule has 6 nitrogen and oxygen atoms in total. The van der Waals surface area contributed by atoms with Gasteiger partial charge in [0.1, 0.15) is 11.0 Å². The zero-order valence-corrected chi connectivity index (χ0v) is 10.4. The third kappa shape index (κ3) is 2.39. The zero-order valence-electron chi connectivity index (χ0n) is 10.4. The van der Waals surface area contributed by atoms with Gasteiger partial charge in [0.05, 0.1) is 11.1 Å². The van der Waals surface area contributed by atoms with Crippen LogP contribution in [-0.4, -0.2) is 19.9 Å². The minimum Gasteiger partial charge on any atom is -0.258 e. The topological polar surface area (TPSA) is 73.8 Å². The van der Waals surface area contributed by atoms with Gasteiger partial charge in [0.15, 0.2) is 0 Å². The fourth-order valence-corrected chi connectivity index (χ4v) is 1.82. The molecule has 0 aliphatic carbocycles. The first kappa shape index (κ1) is 12.0. The molecule has 0 unspecified atom stereocenters. The van der Waals surface area contributed by atoms with Gasteiger partial charge in [0.25, 0.3) is 5.69 Å². The molecule has 2 aromatic carbocycles. The van der Waals surface area contributed by atoms with Crippen molar-refractivity contribution < 1.29 is 4.92 Å². The van der Waals surface area contributed by atoms with Crippen molar-refractivity contribution in [2.24, 2.45) is 0 Å². The lowest BCUT2D eigenvalue weighted by atomic mass is 10.2. The van der Waals surface area contributed by atoms with E-state index < -0.39 is 4.92 Å². The molecule has 0 bridgehead atoms. The summed E-state index contributed by atoms with van der Waals surface area (Å²) in [5, 5.41) is 19.1. The van der Waals surface area contributed by atoms with Crippen molar-refractivity contribution in [3.05, 3.63) is 64.2 Å². The zero-order chi connectivity index (χ0) is 13.9. The molecule has 98 valence electrons. The molecule has 3 aromatic rings. The normalized spacial score (nSPS) is 11.2. The van der Waals surface area contributed by atoms with E-state index >= 15 is 0 Å². The highest BCUT2D eigenvalue weighted by atomic mass is 16.6. The first-order chi connectivity index (χ1) is 9.72. The molecule has 0 N–H and O–H groups in total. The highest BCUT2D eigenvalue weighted by Crippen LogP contribution is 2.17. The molecule has 0 atom stereocenters. The minimum atomic E-state index is -0.446. The van der Waals surface area contributed by atoms with Gasteiger partial charge < -0.3 is 0 Å².